The molecule has 2 nitrogen and oxygen atoms in total. The molecule has 6 aliphatic carbocycles. The number of amides is 1. The van der Waals surface area contributed by atoms with E-state index in [4.69, 9.17) is 0 Å². The van der Waals surface area contributed by atoms with Gasteiger partial charge in [-0.25, -0.2) is 0 Å². The van der Waals surface area contributed by atoms with Gasteiger partial charge < -0.3 is 4.90 Å². The van der Waals surface area contributed by atoms with Crippen LogP contribution in [0.15, 0.2) is 0 Å². The average molecular weight is 357 g/mol. The minimum atomic E-state index is 0.118. The van der Waals surface area contributed by atoms with Gasteiger partial charge in [0.15, 0.2) is 0 Å². The summed E-state index contributed by atoms with van der Waals surface area (Å²) >= 11 is 2.68. The van der Waals surface area contributed by atoms with Crippen molar-refractivity contribution in [1.29, 1.82) is 0 Å². The van der Waals surface area contributed by atoms with E-state index in [1.54, 1.807) is 0 Å². The van der Waals surface area contributed by atoms with Crippen LogP contribution in [-0.2, 0) is 4.79 Å². The van der Waals surface area contributed by atoms with E-state index in [-0.39, 0.29) is 5.41 Å². The number of nitrogens with zero attached hydrogens (tertiary/aromatic N) is 1. The maximum Gasteiger partial charge on any atom is 0.231 e. The van der Waals surface area contributed by atoms with Gasteiger partial charge in [-0.1, -0.05) is 22.6 Å². The molecule has 6 fully saturated rings. The minimum Gasteiger partial charge on any atom is -0.337 e. The molecular formula is C15H20INO. The number of carbonyl (C=O) groups is 1. The highest BCUT2D eigenvalue weighted by Gasteiger charge is 3.12. The molecule has 0 spiro atoms. The molecule has 0 aromatic carbocycles. The number of hydrogen-bond donors (Lipinski definition) is 0. The smallest absolute Gasteiger partial charge is 0.231 e. The van der Waals surface area contributed by atoms with Gasteiger partial charge >= 0.3 is 0 Å². The van der Waals surface area contributed by atoms with Crippen molar-refractivity contribution < 1.29 is 4.79 Å². The lowest BCUT2D eigenvalue weighted by atomic mass is 9.47. The number of halogens is 1. The van der Waals surface area contributed by atoms with Gasteiger partial charge in [0.1, 0.15) is 0 Å². The lowest BCUT2D eigenvalue weighted by molar-refractivity contribution is -0.174. The third-order valence-corrected chi connectivity index (χ3v) is 9.31. The monoisotopic (exact) mass is 357 g/mol. The largest absolute Gasteiger partial charge is 0.337 e. The van der Waals surface area contributed by atoms with Crippen molar-refractivity contribution in [2.75, 3.05) is 0 Å². The van der Waals surface area contributed by atoms with Crippen molar-refractivity contribution in [2.45, 2.75) is 43.2 Å². The standard InChI is InChI=1S/C15H20INO/c1-5(2)17(6(3)4)13(18)14-9-7-8(9)11-12(10(7)14)15(11,14)16/h5-12H,1-4H3. The van der Waals surface area contributed by atoms with Crippen LogP contribution < -0.4 is 0 Å². The molecule has 0 aromatic heterocycles. The van der Waals surface area contributed by atoms with Crippen molar-refractivity contribution in [1.82, 2.24) is 4.90 Å². The van der Waals surface area contributed by atoms with Gasteiger partial charge in [0.05, 0.1) is 5.41 Å². The van der Waals surface area contributed by atoms with E-state index < -0.39 is 0 Å². The minimum absolute atomic E-state index is 0.118. The summed E-state index contributed by atoms with van der Waals surface area (Å²) in [7, 11) is 0. The molecule has 0 aromatic rings. The number of hydrogen-bond acceptors (Lipinski definition) is 1. The number of rotatable bonds is 3. The SMILES string of the molecule is CC(C)N(C(=O)C12C3C4C3C1C1C4C12I)C(C)C. The maximum atomic E-state index is 13.2. The Hall–Kier alpha value is 0.200. The zero-order valence-corrected chi connectivity index (χ0v) is 13.5. The summed E-state index contributed by atoms with van der Waals surface area (Å²) in [6, 6.07) is 0.691. The fourth-order valence-electron chi connectivity index (χ4n) is 6.93. The molecule has 0 saturated heterocycles. The lowest BCUT2D eigenvalue weighted by Gasteiger charge is -2.61. The molecule has 0 bridgehead atoms. The third-order valence-electron chi connectivity index (χ3n) is 6.98. The van der Waals surface area contributed by atoms with Gasteiger partial charge in [-0.3, -0.25) is 4.79 Å². The van der Waals surface area contributed by atoms with Gasteiger partial charge in [-0.15, -0.1) is 0 Å². The van der Waals surface area contributed by atoms with Crippen LogP contribution in [0.1, 0.15) is 27.7 Å². The van der Waals surface area contributed by atoms with Gasteiger partial charge in [0.2, 0.25) is 5.91 Å². The molecule has 1 amide bonds. The number of carbonyl (C=O) groups excluding carboxylic acids is 1. The van der Waals surface area contributed by atoms with Crippen LogP contribution in [0.4, 0.5) is 0 Å². The van der Waals surface area contributed by atoms with Crippen molar-refractivity contribution in [3.05, 3.63) is 0 Å². The normalized spacial score (nSPS) is 63.3. The Kier molecular flexibility index (Phi) is 1.54. The Balaban J connectivity index is 1.56. The van der Waals surface area contributed by atoms with Gasteiger partial charge in [-0.2, -0.15) is 0 Å². The van der Waals surface area contributed by atoms with Gasteiger partial charge in [0.25, 0.3) is 0 Å². The summed E-state index contributed by atoms with van der Waals surface area (Å²) < 4.78 is 0.415. The molecular weight excluding hydrogens is 337 g/mol. The fourth-order valence-corrected chi connectivity index (χ4v) is 9.28. The number of alkyl halides is 1. The van der Waals surface area contributed by atoms with Crippen LogP contribution in [-0.4, -0.2) is 26.3 Å². The van der Waals surface area contributed by atoms with Crippen LogP contribution in [0.3, 0.4) is 0 Å². The molecule has 0 radical (unpaired) electrons. The molecule has 6 saturated carbocycles. The maximum absolute atomic E-state index is 13.2. The van der Waals surface area contributed by atoms with Gasteiger partial charge in [-0.05, 0) is 63.2 Å². The summed E-state index contributed by atoms with van der Waals surface area (Å²) in [6.45, 7) is 8.68. The van der Waals surface area contributed by atoms with E-state index in [2.05, 4.69) is 55.2 Å². The lowest BCUT2D eigenvalue weighted by Crippen LogP contribution is -2.70. The second-order valence-electron chi connectivity index (χ2n) is 7.79. The second-order valence-corrected chi connectivity index (χ2v) is 9.58. The average Bonchev–Trinajstić information content (AvgIpc) is 2.97. The Morgan fingerprint density at radius 2 is 1.56 bits per heavy atom. The highest BCUT2D eigenvalue weighted by molar-refractivity contribution is 14.1. The Bertz CT molecular complexity index is 493. The van der Waals surface area contributed by atoms with E-state index in [9.17, 15) is 4.79 Å². The second kappa shape index (κ2) is 2.53. The van der Waals surface area contributed by atoms with Crippen LogP contribution in [0, 0.1) is 40.9 Å². The first kappa shape index (κ1) is 10.9. The van der Waals surface area contributed by atoms with E-state index in [0.717, 1.165) is 35.5 Å². The summed E-state index contributed by atoms with van der Waals surface area (Å²) in [5.41, 5.74) is 0.118. The Labute approximate surface area is 122 Å². The topological polar surface area (TPSA) is 20.3 Å². The van der Waals surface area contributed by atoms with Crippen molar-refractivity contribution in [3.8, 4) is 0 Å². The predicted octanol–water partition coefficient (Wildman–Crippen LogP) is 2.56. The highest BCUT2D eigenvalue weighted by Crippen LogP contribution is 3.09. The van der Waals surface area contributed by atoms with Crippen LogP contribution >= 0.6 is 22.6 Å². The predicted molar refractivity (Wildman–Crippen MR) is 77.2 cm³/mol. The van der Waals surface area contributed by atoms with E-state index in [0.29, 0.717) is 21.4 Å². The van der Waals surface area contributed by atoms with E-state index >= 15 is 0 Å². The van der Waals surface area contributed by atoms with E-state index in [1.807, 2.05) is 0 Å². The fraction of sp³-hybridized carbons (Fsp3) is 0.933. The summed E-state index contributed by atoms with van der Waals surface area (Å²) in [4.78, 5) is 15.4. The van der Waals surface area contributed by atoms with Crippen molar-refractivity contribution >= 4 is 28.5 Å². The van der Waals surface area contributed by atoms with Crippen LogP contribution in [0.2, 0.25) is 0 Å². The first-order valence-electron chi connectivity index (χ1n) is 7.43. The first-order chi connectivity index (χ1) is 8.41. The summed E-state index contributed by atoms with van der Waals surface area (Å²) in [5.74, 6) is 5.99. The van der Waals surface area contributed by atoms with Crippen LogP contribution in [0.25, 0.3) is 0 Å². The van der Waals surface area contributed by atoms with Crippen molar-refractivity contribution in [2.24, 2.45) is 40.9 Å². The molecule has 8 unspecified atom stereocenters. The highest BCUT2D eigenvalue weighted by atomic mass is 127. The summed E-state index contributed by atoms with van der Waals surface area (Å²) in [6.07, 6.45) is 0. The quantitative estimate of drug-likeness (QED) is 0.562. The first-order valence-corrected chi connectivity index (χ1v) is 8.51. The van der Waals surface area contributed by atoms with Crippen molar-refractivity contribution in [3.63, 3.8) is 0 Å². The zero-order valence-electron chi connectivity index (χ0n) is 11.4. The third kappa shape index (κ3) is 0.662. The molecule has 6 aliphatic rings. The molecule has 18 heavy (non-hydrogen) atoms. The zero-order chi connectivity index (χ0) is 12.8. The molecule has 6 rings (SSSR count). The molecule has 0 N–H and O–H groups in total. The molecule has 0 heterocycles. The van der Waals surface area contributed by atoms with Crippen LogP contribution in [0.5, 0.6) is 0 Å². The summed E-state index contributed by atoms with van der Waals surface area (Å²) in [5, 5.41) is 0. The Morgan fingerprint density at radius 3 is 1.89 bits per heavy atom. The molecule has 98 valence electrons. The molecule has 8 atom stereocenters. The van der Waals surface area contributed by atoms with Gasteiger partial charge in [0, 0.05) is 15.5 Å². The Morgan fingerprint density at radius 1 is 1.00 bits per heavy atom. The molecule has 0 aliphatic heterocycles. The molecule has 3 heteroatoms. The van der Waals surface area contributed by atoms with E-state index in [1.165, 1.54) is 0 Å².